The quantitative estimate of drug-likeness (QED) is 0.398. The molecule has 0 saturated heterocycles. The minimum Gasteiger partial charge on any atom is -0.494 e. The first-order valence-corrected chi connectivity index (χ1v) is 9.11. The number of nitrogens with zero attached hydrogens (tertiary/aromatic N) is 4. The summed E-state index contributed by atoms with van der Waals surface area (Å²) in [5.41, 5.74) is -0.262. The maximum absolute atomic E-state index is 13.6. The van der Waals surface area contributed by atoms with E-state index in [-0.39, 0.29) is 17.5 Å². The second-order valence-corrected chi connectivity index (χ2v) is 6.34. The Balaban J connectivity index is 1.94. The van der Waals surface area contributed by atoms with Crippen LogP contribution in [0.25, 0.3) is 0 Å². The van der Waals surface area contributed by atoms with Crippen LogP contribution in [0.2, 0.25) is 0 Å². The molecule has 0 fully saturated rings. The minimum atomic E-state index is -4.67. The summed E-state index contributed by atoms with van der Waals surface area (Å²) in [5, 5.41) is 13.5. The van der Waals surface area contributed by atoms with Crippen molar-refractivity contribution in [3.8, 4) is 5.75 Å². The Hall–Kier alpha value is -3.89. The number of halogens is 3. The van der Waals surface area contributed by atoms with Crippen molar-refractivity contribution < 1.29 is 22.8 Å². The number of ether oxygens (including phenoxy) is 1. The van der Waals surface area contributed by atoms with Crippen LogP contribution in [0.15, 0.2) is 54.7 Å². The molecule has 0 bridgehead atoms. The van der Waals surface area contributed by atoms with E-state index in [1.165, 1.54) is 36.2 Å². The third-order valence-corrected chi connectivity index (χ3v) is 4.26. The standard InChI is InChI=1S/C20H18F3N5O3/c1-3-31-16-10-8-14(9-11-16)27(2)18-17(20(21,22)23)12-24-19(26-18)25-13-4-6-15(7-5-13)28(29)30/h4-12H,3H2,1-2H3,(H,24,25,26). The molecular weight excluding hydrogens is 415 g/mol. The lowest BCUT2D eigenvalue weighted by Crippen LogP contribution is -2.19. The molecule has 8 nitrogen and oxygen atoms in total. The molecule has 3 rings (SSSR count). The highest BCUT2D eigenvalue weighted by atomic mass is 19.4. The molecule has 11 heteroatoms. The molecule has 0 amide bonds. The van der Waals surface area contributed by atoms with Crippen LogP contribution in [0.1, 0.15) is 12.5 Å². The lowest BCUT2D eigenvalue weighted by Gasteiger charge is -2.23. The van der Waals surface area contributed by atoms with Gasteiger partial charge in [-0.15, -0.1) is 0 Å². The zero-order chi connectivity index (χ0) is 22.6. The third-order valence-electron chi connectivity index (χ3n) is 4.26. The Kier molecular flexibility index (Phi) is 6.23. The van der Waals surface area contributed by atoms with E-state index in [1.807, 2.05) is 6.92 Å². The number of nitrogens with one attached hydrogen (secondary N) is 1. The Bertz CT molecular complexity index is 1060. The first-order chi connectivity index (χ1) is 14.7. The van der Waals surface area contributed by atoms with Crippen LogP contribution in [-0.4, -0.2) is 28.5 Å². The number of hydrogen-bond acceptors (Lipinski definition) is 7. The highest BCUT2D eigenvalue weighted by molar-refractivity contribution is 5.65. The predicted octanol–water partition coefficient (Wildman–Crippen LogP) is 5.31. The van der Waals surface area contributed by atoms with Crippen LogP contribution >= 0.6 is 0 Å². The molecule has 0 unspecified atom stereocenters. The number of hydrogen-bond donors (Lipinski definition) is 1. The van der Waals surface area contributed by atoms with Gasteiger partial charge in [-0.25, -0.2) is 4.98 Å². The number of nitro groups is 1. The molecule has 1 aromatic heterocycles. The van der Waals surface area contributed by atoms with Gasteiger partial charge in [0.05, 0.1) is 11.5 Å². The summed E-state index contributed by atoms with van der Waals surface area (Å²) in [6.45, 7) is 2.30. The molecule has 0 aliphatic carbocycles. The molecule has 0 aliphatic rings. The van der Waals surface area contributed by atoms with Gasteiger partial charge >= 0.3 is 6.18 Å². The second-order valence-electron chi connectivity index (χ2n) is 6.34. The van der Waals surface area contributed by atoms with Crippen molar-refractivity contribution in [2.24, 2.45) is 0 Å². The summed E-state index contributed by atoms with van der Waals surface area (Å²) in [6, 6.07) is 11.9. The zero-order valence-electron chi connectivity index (χ0n) is 16.6. The average molecular weight is 433 g/mol. The largest absolute Gasteiger partial charge is 0.494 e. The molecule has 0 radical (unpaired) electrons. The molecule has 162 valence electrons. The smallest absolute Gasteiger partial charge is 0.421 e. The van der Waals surface area contributed by atoms with E-state index < -0.39 is 16.7 Å². The SMILES string of the molecule is CCOc1ccc(N(C)c2nc(Nc3ccc([N+](=O)[O-])cc3)ncc2C(F)(F)F)cc1. The summed E-state index contributed by atoms with van der Waals surface area (Å²) in [7, 11) is 1.46. The lowest BCUT2D eigenvalue weighted by molar-refractivity contribution is -0.384. The molecular formula is C20H18F3N5O3. The molecule has 3 aromatic rings. The number of nitro benzene ring substituents is 1. The summed E-state index contributed by atoms with van der Waals surface area (Å²) in [6.07, 6.45) is -3.97. The molecule has 1 heterocycles. The average Bonchev–Trinajstić information content (AvgIpc) is 2.73. The minimum absolute atomic E-state index is 0.0883. The molecule has 0 atom stereocenters. The zero-order valence-corrected chi connectivity index (χ0v) is 16.6. The van der Waals surface area contributed by atoms with E-state index in [0.717, 1.165) is 0 Å². The van der Waals surface area contributed by atoms with E-state index in [1.54, 1.807) is 24.3 Å². The van der Waals surface area contributed by atoms with E-state index in [0.29, 0.717) is 29.9 Å². The van der Waals surface area contributed by atoms with Gasteiger partial charge in [-0.2, -0.15) is 18.2 Å². The lowest BCUT2D eigenvalue weighted by atomic mass is 10.2. The van der Waals surface area contributed by atoms with Crippen molar-refractivity contribution in [2.75, 3.05) is 23.9 Å². The summed E-state index contributed by atoms with van der Waals surface area (Å²) in [4.78, 5) is 19.3. The van der Waals surface area contributed by atoms with Gasteiger partial charge in [0, 0.05) is 36.8 Å². The monoisotopic (exact) mass is 433 g/mol. The fourth-order valence-electron chi connectivity index (χ4n) is 2.74. The highest BCUT2D eigenvalue weighted by Crippen LogP contribution is 2.38. The van der Waals surface area contributed by atoms with Crippen LogP contribution in [0.3, 0.4) is 0 Å². The first kappa shape index (κ1) is 21.8. The van der Waals surface area contributed by atoms with Gasteiger partial charge in [0.15, 0.2) is 5.82 Å². The summed E-state index contributed by atoms with van der Waals surface area (Å²) >= 11 is 0. The van der Waals surface area contributed by atoms with Crippen LogP contribution in [0.4, 0.5) is 42.0 Å². The van der Waals surface area contributed by atoms with Crippen LogP contribution in [-0.2, 0) is 6.18 Å². The van der Waals surface area contributed by atoms with Crippen molar-refractivity contribution in [3.05, 3.63) is 70.4 Å². The van der Waals surface area contributed by atoms with Crippen molar-refractivity contribution >= 4 is 28.8 Å². The number of alkyl halides is 3. The van der Waals surface area contributed by atoms with Crippen molar-refractivity contribution in [1.82, 2.24) is 9.97 Å². The van der Waals surface area contributed by atoms with Gasteiger partial charge in [-0.1, -0.05) is 0 Å². The van der Waals surface area contributed by atoms with E-state index >= 15 is 0 Å². The highest BCUT2D eigenvalue weighted by Gasteiger charge is 2.36. The second kappa shape index (κ2) is 8.86. The fraction of sp³-hybridized carbons (Fsp3) is 0.200. The maximum Gasteiger partial charge on any atom is 0.421 e. The molecule has 0 spiro atoms. The molecule has 2 aromatic carbocycles. The number of non-ortho nitro benzene ring substituents is 1. The van der Waals surface area contributed by atoms with Gasteiger partial charge in [-0.3, -0.25) is 10.1 Å². The Morgan fingerprint density at radius 1 is 1.13 bits per heavy atom. The maximum atomic E-state index is 13.6. The van der Waals surface area contributed by atoms with E-state index in [9.17, 15) is 23.3 Å². The van der Waals surface area contributed by atoms with Gasteiger partial charge < -0.3 is 15.0 Å². The van der Waals surface area contributed by atoms with Crippen molar-refractivity contribution in [3.63, 3.8) is 0 Å². The summed E-state index contributed by atoms with van der Waals surface area (Å²) < 4.78 is 46.0. The van der Waals surface area contributed by atoms with Gasteiger partial charge in [-0.05, 0) is 43.3 Å². The van der Waals surface area contributed by atoms with Crippen molar-refractivity contribution in [1.29, 1.82) is 0 Å². The fourth-order valence-corrected chi connectivity index (χ4v) is 2.74. The van der Waals surface area contributed by atoms with Crippen molar-refractivity contribution in [2.45, 2.75) is 13.1 Å². The molecule has 0 aliphatic heterocycles. The van der Waals surface area contributed by atoms with Gasteiger partial charge in [0.25, 0.3) is 5.69 Å². The first-order valence-electron chi connectivity index (χ1n) is 9.11. The molecule has 0 saturated carbocycles. The van der Waals surface area contributed by atoms with Gasteiger partial charge in [0.2, 0.25) is 5.95 Å². The van der Waals surface area contributed by atoms with Gasteiger partial charge in [0.1, 0.15) is 11.3 Å². The summed E-state index contributed by atoms with van der Waals surface area (Å²) in [5.74, 6) is 0.157. The molecule has 1 N–H and O–H groups in total. The van der Waals surface area contributed by atoms with Crippen LogP contribution < -0.4 is 15.0 Å². The molecule has 31 heavy (non-hydrogen) atoms. The Morgan fingerprint density at radius 2 is 1.77 bits per heavy atom. The van der Waals surface area contributed by atoms with Crippen LogP contribution in [0, 0.1) is 10.1 Å². The normalized spacial score (nSPS) is 11.1. The number of rotatable bonds is 7. The van der Waals surface area contributed by atoms with Crippen LogP contribution in [0.5, 0.6) is 5.75 Å². The topological polar surface area (TPSA) is 93.4 Å². The number of benzene rings is 2. The van der Waals surface area contributed by atoms with E-state index in [2.05, 4.69) is 15.3 Å². The number of anilines is 4. The van der Waals surface area contributed by atoms with E-state index in [4.69, 9.17) is 4.74 Å². The Labute approximate surface area is 175 Å². The predicted molar refractivity (Wildman–Crippen MR) is 109 cm³/mol. The number of aromatic nitrogens is 2. The third kappa shape index (κ3) is 5.18. The Morgan fingerprint density at radius 3 is 2.32 bits per heavy atom.